The molecule has 21 heavy (non-hydrogen) atoms. The largest absolute Gasteiger partial charge is 0.345 e. The highest BCUT2D eigenvalue weighted by atomic mass is 35.5. The lowest BCUT2D eigenvalue weighted by Crippen LogP contribution is -2.60. The molecule has 0 radical (unpaired) electrons. The van der Waals surface area contributed by atoms with Gasteiger partial charge in [0.15, 0.2) is 0 Å². The van der Waals surface area contributed by atoms with Crippen LogP contribution in [0.15, 0.2) is 18.2 Å². The van der Waals surface area contributed by atoms with E-state index in [4.69, 9.17) is 11.6 Å². The molecule has 1 aromatic carbocycles. The molecule has 2 atom stereocenters. The fraction of sp³-hybridized carbons (Fsp3) is 0.467. The molecule has 1 saturated heterocycles. The van der Waals surface area contributed by atoms with E-state index < -0.39 is 11.9 Å². The normalized spacial score (nSPS) is 20.4. The molecule has 2 rings (SSSR count). The average Bonchev–Trinajstić information content (AvgIpc) is 2.46. The Labute approximate surface area is 128 Å². The zero-order chi connectivity index (χ0) is 15.6. The lowest BCUT2D eigenvalue weighted by Gasteiger charge is -2.38. The molecule has 1 aromatic rings. The average molecular weight is 313 g/mol. The molecule has 0 aromatic heterocycles. The van der Waals surface area contributed by atoms with Gasteiger partial charge in [-0.2, -0.15) is 0 Å². The van der Waals surface area contributed by atoms with Gasteiger partial charge in [0, 0.05) is 11.6 Å². The second kappa shape index (κ2) is 6.43. The van der Waals surface area contributed by atoms with Crippen LogP contribution in [0, 0.1) is 11.7 Å². The molecule has 2 unspecified atom stereocenters. The van der Waals surface area contributed by atoms with Crippen molar-refractivity contribution in [3.8, 4) is 0 Å². The van der Waals surface area contributed by atoms with Gasteiger partial charge < -0.3 is 10.2 Å². The molecule has 0 bridgehead atoms. The maximum absolute atomic E-state index is 13.4. The number of nitrogens with one attached hydrogen (secondary N) is 1. The summed E-state index contributed by atoms with van der Waals surface area (Å²) in [5.74, 6) is -0.748. The minimum atomic E-state index is -0.546. The number of nitrogens with zero attached hydrogens (tertiary/aromatic N) is 1. The van der Waals surface area contributed by atoms with Gasteiger partial charge in [-0.3, -0.25) is 9.59 Å². The molecule has 4 nitrogen and oxygen atoms in total. The molecule has 1 N–H and O–H groups in total. The van der Waals surface area contributed by atoms with E-state index in [0.29, 0.717) is 10.6 Å². The Morgan fingerprint density at radius 3 is 2.86 bits per heavy atom. The summed E-state index contributed by atoms with van der Waals surface area (Å²) in [4.78, 5) is 25.7. The van der Waals surface area contributed by atoms with Crippen LogP contribution in [0.4, 0.5) is 4.39 Å². The summed E-state index contributed by atoms with van der Waals surface area (Å²) in [5, 5.41) is 2.99. The lowest BCUT2D eigenvalue weighted by molar-refractivity contribution is -0.148. The predicted octanol–water partition coefficient (Wildman–Crippen LogP) is 2.35. The standard InChI is InChI=1S/C15H18ClFN2O2/c1-3-9(2)14-15(21)18-7-13(20)19(14)8-10-6-11(17)4-5-12(10)16/h4-6,9,14H,3,7-8H2,1-2H3,(H,18,21). The number of hydrogen-bond donors (Lipinski definition) is 1. The smallest absolute Gasteiger partial charge is 0.243 e. The van der Waals surface area contributed by atoms with E-state index in [1.165, 1.54) is 23.1 Å². The van der Waals surface area contributed by atoms with Crippen molar-refractivity contribution in [2.45, 2.75) is 32.9 Å². The van der Waals surface area contributed by atoms with Gasteiger partial charge in [-0.25, -0.2) is 4.39 Å². The quantitative estimate of drug-likeness (QED) is 0.928. The van der Waals surface area contributed by atoms with Crippen LogP contribution in [0.5, 0.6) is 0 Å². The first-order chi connectivity index (χ1) is 9.93. The van der Waals surface area contributed by atoms with Gasteiger partial charge in [0.05, 0.1) is 6.54 Å². The number of halogens is 2. The van der Waals surface area contributed by atoms with Crippen LogP contribution in [0.3, 0.4) is 0 Å². The minimum Gasteiger partial charge on any atom is -0.345 e. The SMILES string of the molecule is CCC(C)C1C(=O)NCC(=O)N1Cc1cc(F)ccc1Cl. The molecule has 114 valence electrons. The topological polar surface area (TPSA) is 49.4 Å². The number of rotatable bonds is 4. The molecule has 1 aliphatic heterocycles. The molecule has 2 amide bonds. The third-order valence-corrected chi connectivity index (χ3v) is 4.24. The van der Waals surface area contributed by atoms with Crippen LogP contribution in [-0.2, 0) is 16.1 Å². The van der Waals surface area contributed by atoms with Gasteiger partial charge >= 0.3 is 0 Å². The Bertz CT molecular complexity index is 565. The molecule has 0 spiro atoms. The highest BCUT2D eigenvalue weighted by Gasteiger charge is 2.37. The number of piperazine rings is 1. The van der Waals surface area contributed by atoms with Crippen LogP contribution in [0.2, 0.25) is 5.02 Å². The fourth-order valence-corrected chi connectivity index (χ4v) is 2.67. The molecular formula is C15H18ClFN2O2. The summed E-state index contributed by atoms with van der Waals surface area (Å²) in [5.41, 5.74) is 0.507. The third-order valence-electron chi connectivity index (χ3n) is 3.87. The third kappa shape index (κ3) is 3.35. The van der Waals surface area contributed by atoms with Gasteiger partial charge in [0.25, 0.3) is 0 Å². The van der Waals surface area contributed by atoms with E-state index in [1.807, 2.05) is 13.8 Å². The summed E-state index contributed by atoms with van der Waals surface area (Å²) in [7, 11) is 0. The maximum Gasteiger partial charge on any atom is 0.243 e. The zero-order valence-electron chi connectivity index (χ0n) is 12.0. The number of carbonyl (C=O) groups is 2. The first-order valence-corrected chi connectivity index (χ1v) is 7.33. The summed E-state index contributed by atoms with van der Waals surface area (Å²) in [6, 6.07) is 3.48. The van der Waals surface area contributed by atoms with Gasteiger partial charge in [0.2, 0.25) is 11.8 Å². The van der Waals surface area contributed by atoms with Crippen LogP contribution in [0.1, 0.15) is 25.8 Å². The molecule has 1 aliphatic rings. The van der Waals surface area contributed by atoms with Gasteiger partial charge in [-0.1, -0.05) is 31.9 Å². The van der Waals surface area contributed by atoms with Crippen molar-refractivity contribution in [1.82, 2.24) is 10.2 Å². The summed E-state index contributed by atoms with van der Waals surface area (Å²) in [6.45, 7) is 3.99. The van der Waals surface area contributed by atoms with Crippen molar-refractivity contribution in [3.05, 3.63) is 34.6 Å². The van der Waals surface area contributed by atoms with E-state index in [1.54, 1.807) is 0 Å². The summed E-state index contributed by atoms with van der Waals surface area (Å²) < 4.78 is 13.4. The maximum atomic E-state index is 13.4. The molecule has 6 heteroatoms. The summed E-state index contributed by atoms with van der Waals surface area (Å²) in [6.07, 6.45) is 0.763. The molecule has 1 fully saturated rings. The lowest BCUT2D eigenvalue weighted by atomic mass is 9.94. The van der Waals surface area contributed by atoms with E-state index in [2.05, 4.69) is 5.32 Å². The van der Waals surface area contributed by atoms with E-state index in [-0.39, 0.29) is 30.8 Å². The van der Waals surface area contributed by atoms with Gasteiger partial charge in [-0.05, 0) is 29.7 Å². The Hall–Kier alpha value is -1.62. The first-order valence-electron chi connectivity index (χ1n) is 6.95. The van der Waals surface area contributed by atoms with Crippen molar-refractivity contribution in [2.75, 3.05) is 6.54 Å². The van der Waals surface area contributed by atoms with Crippen LogP contribution in [0.25, 0.3) is 0 Å². The van der Waals surface area contributed by atoms with Crippen LogP contribution in [-0.4, -0.2) is 29.3 Å². The Morgan fingerprint density at radius 1 is 1.48 bits per heavy atom. The van der Waals surface area contributed by atoms with Gasteiger partial charge in [0.1, 0.15) is 11.9 Å². The second-order valence-corrected chi connectivity index (χ2v) is 5.71. The van der Waals surface area contributed by atoms with Gasteiger partial charge in [-0.15, -0.1) is 0 Å². The van der Waals surface area contributed by atoms with Crippen molar-refractivity contribution in [1.29, 1.82) is 0 Å². The van der Waals surface area contributed by atoms with Crippen LogP contribution < -0.4 is 5.32 Å². The Morgan fingerprint density at radius 2 is 2.19 bits per heavy atom. The Balaban J connectivity index is 2.30. The highest BCUT2D eigenvalue weighted by Crippen LogP contribution is 2.24. The van der Waals surface area contributed by atoms with E-state index >= 15 is 0 Å². The van der Waals surface area contributed by atoms with Crippen LogP contribution >= 0.6 is 11.6 Å². The molecule has 1 heterocycles. The summed E-state index contributed by atoms with van der Waals surface area (Å²) >= 11 is 6.06. The number of benzene rings is 1. The Kier molecular flexibility index (Phi) is 4.83. The van der Waals surface area contributed by atoms with E-state index in [9.17, 15) is 14.0 Å². The second-order valence-electron chi connectivity index (χ2n) is 5.31. The fourth-order valence-electron chi connectivity index (χ4n) is 2.49. The number of hydrogen-bond acceptors (Lipinski definition) is 2. The van der Waals surface area contributed by atoms with Crippen molar-refractivity contribution < 1.29 is 14.0 Å². The van der Waals surface area contributed by atoms with Crippen molar-refractivity contribution >= 4 is 23.4 Å². The van der Waals surface area contributed by atoms with Crippen molar-refractivity contribution in [3.63, 3.8) is 0 Å². The molecular weight excluding hydrogens is 295 g/mol. The predicted molar refractivity (Wildman–Crippen MR) is 78.2 cm³/mol. The minimum absolute atomic E-state index is 0.0154. The molecule has 0 saturated carbocycles. The first kappa shape index (κ1) is 15.8. The van der Waals surface area contributed by atoms with E-state index in [0.717, 1.165) is 6.42 Å². The highest BCUT2D eigenvalue weighted by molar-refractivity contribution is 6.31. The zero-order valence-corrected chi connectivity index (χ0v) is 12.8. The number of amides is 2. The molecule has 0 aliphatic carbocycles. The number of carbonyl (C=O) groups excluding carboxylic acids is 2. The monoisotopic (exact) mass is 312 g/mol. The van der Waals surface area contributed by atoms with Crippen molar-refractivity contribution in [2.24, 2.45) is 5.92 Å².